The summed E-state index contributed by atoms with van der Waals surface area (Å²) < 4.78 is 6.67. The van der Waals surface area contributed by atoms with E-state index in [1.165, 1.54) is 72.0 Å². The van der Waals surface area contributed by atoms with E-state index in [0.29, 0.717) is 0 Å². The minimum Gasteiger partial charge on any atom is -0.456 e. The molecule has 8 aromatic carbocycles. The third-order valence-corrected chi connectivity index (χ3v) is 11.3. The average Bonchev–Trinajstić information content (AvgIpc) is 3.92. The number of nitrogens with zero attached hydrogens (tertiary/aromatic N) is 1. The predicted molar refractivity (Wildman–Crippen MR) is 215 cm³/mol. The molecule has 0 unspecified atom stereocenters. The summed E-state index contributed by atoms with van der Waals surface area (Å²) in [5.41, 5.74) is 18.2. The average molecular weight is 664 g/mol. The van der Waals surface area contributed by atoms with Gasteiger partial charge in [0.2, 0.25) is 0 Å². The fourth-order valence-electron chi connectivity index (χ4n) is 8.85. The minimum absolute atomic E-state index is 0.0249. The monoisotopic (exact) mass is 663 g/mol. The van der Waals surface area contributed by atoms with E-state index in [1.807, 2.05) is 0 Å². The van der Waals surface area contributed by atoms with Crippen molar-refractivity contribution in [1.29, 1.82) is 0 Å². The van der Waals surface area contributed by atoms with Crippen LogP contribution in [-0.4, -0.2) is 5.71 Å². The van der Waals surface area contributed by atoms with E-state index in [9.17, 15) is 0 Å². The summed E-state index contributed by atoms with van der Waals surface area (Å²) in [6.07, 6.45) is 1.77. The minimum atomic E-state index is 0.0249. The van der Waals surface area contributed by atoms with Crippen LogP contribution in [0, 0.1) is 0 Å². The van der Waals surface area contributed by atoms with Gasteiger partial charge in [-0.2, -0.15) is 0 Å². The molecule has 2 aliphatic rings. The quantitative estimate of drug-likeness (QED) is 0.168. The van der Waals surface area contributed by atoms with Crippen LogP contribution >= 0.6 is 0 Å². The molecule has 1 atom stereocenters. The van der Waals surface area contributed by atoms with E-state index in [-0.39, 0.29) is 5.92 Å². The molecule has 1 aliphatic heterocycles. The normalized spacial score (nSPS) is 13.7. The molecule has 2 heterocycles. The molecule has 244 valence electrons. The first-order chi connectivity index (χ1) is 25.8. The first-order valence-corrected chi connectivity index (χ1v) is 18.2. The van der Waals surface area contributed by atoms with Gasteiger partial charge in [-0.3, -0.25) is 4.99 Å². The molecule has 0 fully saturated rings. The van der Waals surface area contributed by atoms with Gasteiger partial charge < -0.3 is 4.42 Å². The van der Waals surface area contributed by atoms with Crippen molar-refractivity contribution in [1.82, 2.24) is 0 Å². The molecule has 1 aromatic heterocycles. The van der Waals surface area contributed by atoms with Crippen molar-refractivity contribution in [2.45, 2.75) is 18.8 Å². The van der Waals surface area contributed by atoms with Crippen molar-refractivity contribution >= 4 is 44.1 Å². The summed E-state index contributed by atoms with van der Waals surface area (Å²) in [7, 11) is 0. The molecule has 1 aliphatic carbocycles. The van der Waals surface area contributed by atoms with Crippen LogP contribution in [0.15, 0.2) is 179 Å². The van der Waals surface area contributed by atoms with E-state index in [0.717, 1.165) is 46.2 Å². The van der Waals surface area contributed by atoms with Crippen LogP contribution in [0.25, 0.3) is 55.0 Å². The highest BCUT2D eigenvalue weighted by Crippen LogP contribution is 2.46. The van der Waals surface area contributed by atoms with Gasteiger partial charge >= 0.3 is 0 Å². The number of rotatable bonds is 5. The van der Waals surface area contributed by atoms with Crippen molar-refractivity contribution in [3.8, 4) is 22.3 Å². The predicted octanol–water partition coefficient (Wildman–Crippen LogP) is 12.8. The summed E-state index contributed by atoms with van der Waals surface area (Å²) in [5.74, 6) is 0.0249. The molecule has 2 nitrogen and oxygen atoms in total. The Kier molecular flexibility index (Phi) is 6.47. The number of fused-ring (bicyclic) bond motifs is 9. The molecule has 2 heteroatoms. The van der Waals surface area contributed by atoms with E-state index in [1.54, 1.807) is 0 Å². The van der Waals surface area contributed by atoms with E-state index < -0.39 is 0 Å². The first kappa shape index (κ1) is 29.2. The number of aliphatic imine (C=N–C) groups is 1. The maximum atomic E-state index is 6.67. The zero-order chi connectivity index (χ0) is 34.2. The van der Waals surface area contributed by atoms with Crippen LogP contribution in [0.4, 0.5) is 5.69 Å². The third kappa shape index (κ3) is 4.54. The van der Waals surface area contributed by atoms with Crippen LogP contribution in [0.2, 0.25) is 0 Å². The second-order valence-electron chi connectivity index (χ2n) is 14.2. The number of furan rings is 1. The first-order valence-electron chi connectivity index (χ1n) is 18.2. The van der Waals surface area contributed by atoms with E-state index in [2.05, 4.69) is 170 Å². The second kappa shape index (κ2) is 11.5. The Morgan fingerprint density at radius 1 is 0.481 bits per heavy atom. The molecule has 0 radical (unpaired) electrons. The van der Waals surface area contributed by atoms with Crippen LogP contribution in [0.5, 0.6) is 0 Å². The zero-order valence-electron chi connectivity index (χ0n) is 28.5. The van der Waals surface area contributed by atoms with Gasteiger partial charge in [-0.05, 0) is 90.5 Å². The van der Waals surface area contributed by atoms with Gasteiger partial charge in [0.05, 0.1) is 16.8 Å². The largest absolute Gasteiger partial charge is 0.456 e. The molecule has 11 rings (SSSR count). The summed E-state index contributed by atoms with van der Waals surface area (Å²) in [6.45, 7) is 0. The maximum absolute atomic E-state index is 6.67. The van der Waals surface area contributed by atoms with Crippen molar-refractivity contribution < 1.29 is 4.42 Å². The summed E-state index contributed by atoms with van der Waals surface area (Å²) in [5, 5.41) is 4.75. The van der Waals surface area contributed by atoms with E-state index in [4.69, 9.17) is 9.41 Å². The lowest BCUT2D eigenvalue weighted by molar-refractivity contribution is 0.668. The van der Waals surface area contributed by atoms with Crippen molar-refractivity contribution in [3.63, 3.8) is 0 Å². The summed E-state index contributed by atoms with van der Waals surface area (Å²) in [6, 6.07) is 61.9. The number of hydrogen-bond acceptors (Lipinski definition) is 2. The molecule has 0 bridgehead atoms. The topological polar surface area (TPSA) is 25.5 Å². The fraction of sp³-hybridized carbons (Fsp3) is 0.0600. The smallest absolute Gasteiger partial charge is 0.137 e. The second-order valence-corrected chi connectivity index (χ2v) is 14.2. The van der Waals surface area contributed by atoms with Gasteiger partial charge in [-0.15, -0.1) is 0 Å². The van der Waals surface area contributed by atoms with Gasteiger partial charge in [0.25, 0.3) is 0 Å². The molecular weight excluding hydrogens is 631 g/mol. The lowest BCUT2D eigenvalue weighted by Gasteiger charge is -2.22. The van der Waals surface area contributed by atoms with Crippen molar-refractivity contribution in [2.24, 2.45) is 4.99 Å². The molecule has 9 aromatic rings. The van der Waals surface area contributed by atoms with Gasteiger partial charge in [0.15, 0.2) is 0 Å². The fourth-order valence-corrected chi connectivity index (χ4v) is 8.85. The standard InChI is InChI=1S/C50H33NO/c1-2-11-33(12-3-1)45-29-37-25-27-46-49(50(37)51-45)43-26-24-36(30-47(43)52-46)48(42-19-9-18-41-40-16-7-5-13-35(40)28-44(41)42)34-22-20-32(21-23-34)39-17-8-14-31-10-4-6-15-38(31)39/h1-27,30,48H,28-29H2/t48-/m0/s1. The molecule has 0 amide bonds. The number of benzene rings is 8. The molecule has 52 heavy (non-hydrogen) atoms. The highest BCUT2D eigenvalue weighted by atomic mass is 16.3. The summed E-state index contributed by atoms with van der Waals surface area (Å²) >= 11 is 0. The van der Waals surface area contributed by atoms with Crippen LogP contribution in [0.3, 0.4) is 0 Å². The van der Waals surface area contributed by atoms with Crippen LogP contribution in [-0.2, 0) is 12.8 Å². The highest BCUT2D eigenvalue weighted by molar-refractivity contribution is 6.17. The Labute approximate surface area is 302 Å². The Morgan fingerprint density at radius 3 is 2.15 bits per heavy atom. The Morgan fingerprint density at radius 2 is 1.23 bits per heavy atom. The summed E-state index contributed by atoms with van der Waals surface area (Å²) in [4.78, 5) is 5.19. The lowest BCUT2D eigenvalue weighted by atomic mass is 9.81. The van der Waals surface area contributed by atoms with Gasteiger partial charge in [-0.1, -0.05) is 158 Å². The SMILES string of the molecule is c1ccc(C2=Nc3c(ccc4oc5cc([C@H](c6ccc(-c7cccc8ccccc78)cc6)c6cccc7c6Cc6ccccc6-7)ccc5c34)C2)cc1. The van der Waals surface area contributed by atoms with Crippen molar-refractivity contribution in [2.75, 3.05) is 0 Å². The van der Waals surface area contributed by atoms with Crippen LogP contribution in [0.1, 0.15) is 44.9 Å². The lowest BCUT2D eigenvalue weighted by Crippen LogP contribution is -2.07. The Hall–Kier alpha value is -6.51. The Bertz CT molecular complexity index is 2890. The molecule has 0 N–H and O–H groups in total. The molecule has 0 saturated carbocycles. The van der Waals surface area contributed by atoms with Gasteiger partial charge in [-0.25, -0.2) is 0 Å². The molecule has 0 saturated heterocycles. The molecule has 0 spiro atoms. The van der Waals surface area contributed by atoms with E-state index >= 15 is 0 Å². The maximum Gasteiger partial charge on any atom is 0.137 e. The third-order valence-electron chi connectivity index (χ3n) is 11.3. The highest BCUT2D eigenvalue weighted by Gasteiger charge is 2.28. The van der Waals surface area contributed by atoms with Crippen LogP contribution < -0.4 is 0 Å². The Balaban J connectivity index is 1.07. The van der Waals surface area contributed by atoms with Gasteiger partial charge in [0, 0.05) is 17.7 Å². The number of hydrogen-bond donors (Lipinski definition) is 0. The zero-order valence-corrected chi connectivity index (χ0v) is 28.5. The molecular formula is C50H33NO. The van der Waals surface area contributed by atoms with Gasteiger partial charge in [0.1, 0.15) is 11.2 Å². The van der Waals surface area contributed by atoms with Crippen molar-refractivity contribution in [3.05, 3.63) is 209 Å².